The number of furan rings is 1. The molecule has 4 nitrogen and oxygen atoms in total. The normalized spacial score (nSPS) is 20.7. The second-order valence-electron chi connectivity index (χ2n) is 6.45. The molecule has 0 spiro atoms. The van der Waals surface area contributed by atoms with Gasteiger partial charge in [-0.1, -0.05) is 22.0 Å². The molecule has 0 N–H and O–H groups in total. The topological polar surface area (TPSA) is 38.0 Å². The van der Waals surface area contributed by atoms with Gasteiger partial charge in [-0.2, -0.15) is 5.10 Å². The van der Waals surface area contributed by atoms with Crippen LogP contribution in [-0.4, -0.2) is 10.7 Å². The van der Waals surface area contributed by atoms with Gasteiger partial charge in [0, 0.05) is 22.0 Å². The van der Waals surface area contributed by atoms with Crippen molar-refractivity contribution >= 4 is 21.6 Å². The lowest BCUT2D eigenvalue weighted by atomic mass is 9.97. The molecule has 0 unspecified atom stereocenters. The van der Waals surface area contributed by atoms with E-state index in [9.17, 15) is 8.78 Å². The number of halogens is 3. The Bertz CT molecular complexity index is 1050. The van der Waals surface area contributed by atoms with Crippen LogP contribution in [0.15, 0.2) is 68.8 Å². The van der Waals surface area contributed by atoms with Gasteiger partial charge in [-0.15, -0.1) is 0 Å². The van der Waals surface area contributed by atoms with Gasteiger partial charge in [0.1, 0.15) is 17.2 Å². The average Bonchev–Trinajstić information content (AvgIpc) is 3.33. The fraction of sp³-hybridized carbons (Fsp3) is 0.150. The third-order valence-electron chi connectivity index (χ3n) is 4.79. The number of ether oxygens (including phenoxy) is 1. The van der Waals surface area contributed by atoms with Crippen LogP contribution >= 0.6 is 15.9 Å². The predicted octanol–water partition coefficient (Wildman–Crippen LogP) is 5.56. The van der Waals surface area contributed by atoms with Crippen LogP contribution in [0, 0.1) is 11.6 Å². The first kappa shape index (κ1) is 16.5. The summed E-state index contributed by atoms with van der Waals surface area (Å²) < 4.78 is 39.8. The molecule has 0 aliphatic carbocycles. The Balaban J connectivity index is 1.62. The molecule has 2 aromatic carbocycles. The number of benzene rings is 2. The maximum Gasteiger partial charge on any atom is 0.213 e. The zero-order valence-corrected chi connectivity index (χ0v) is 15.5. The molecule has 5 rings (SSSR count). The van der Waals surface area contributed by atoms with Gasteiger partial charge in [-0.05, 0) is 42.5 Å². The molecule has 0 saturated heterocycles. The van der Waals surface area contributed by atoms with Crippen molar-refractivity contribution in [1.29, 1.82) is 0 Å². The van der Waals surface area contributed by atoms with Crippen molar-refractivity contribution < 1.29 is 17.9 Å². The molecule has 0 bridgehead atoms. The van der Waals surface area contributed by atoms with Crippen molar-refractivity contribution in [3.05, 3.63) is 87.8 Å². The van der Waals surface area contributed by atoms with E-state index in [2.05, 4.69) is 15.9 Å². The summed E-state index contributed by atoms with van der Waals surface area (Å²) in [5.41, 5.74) is 2.26. The van der Waals surface area contributed by atoms with Crippen molar-refractivity contribution in [2.24, 2.45) is 5.10 Å². The van der Waals surface area contributed by atoms with E-state index in [0.29, 0.717) is 23.5 Å². The highest BCUT2D eigenvalue weighted by Crippen LogP contribution is 2.48. The summed E-state index contributed by atoms with van der Waals surface area (Å²) in [6, 6.07) is 13.1. The predicted molar refractivity (Wildman–Crippen MR) is 98.3 cm³/mol. The number of nitrogens with zero attached hydrogens (tertiary/aromatic N) is 2. The highest BCUT2D eigenvalue weighted by Gasteiger charge is 2.41. The zero-order valence-electron chi connectivity index (χ0n) is 13.9. The third kappa shape index (κ3) is 2.73. The van der Waals surface area contributed by atoms with Gasteiger partial charge < -0.3 is 9.15 Å². The van der Waals surface area contributed by atoms with Crippen LogP contribution in [0.4, 0.5) is 8.78 Å². The summed E-state index contributed by atoms with van der Waals surface area (Å²) in [6.45, 7) is 0. The fourth-order valence-corrected chi connectivity index (χ4v) is 3.91. The second kappa shape index (κ2) is 6.20. The van der Waals surface area contributed by atoms with Crippen LogP contribution in [0.2, 0.25) is 0 Å². The van der Waals surface area contributed by atoms with E-state index in [1.165, 1.54) is 6.07 Å². The Hall–Kier alpha value is -2.67. The molecule has 136 valence electrons. The summed E-state index contributed by atoms with van der Waals surface area (Å²) in [4.78, 5) is 0. The first-order valence-electron chi connectivity index (χ1n) is 8.41. The van der Waals surface area contributed by atoms with Gasteiger partial charge in [0.05, 0.1) is 12.3 Å². The Kier molecular flexibility index (Phi) is 3.79. The molecule has 3 heterocycles. The van der Waals surface area contributed by atoms with Gasteiger partial charge in [0.2, 0.25) is 6.23 Å². The minimum Gasteiger partial charge on any atom is -0.464 e. The Labute approximate surface area is 162 Å². The maximum absolute atomic E-state index is 13.8. The minimum atomic E-state index is -0.913. The van der Waals surface area contributed by atoms with Crippen LogP contribution in [0.25, 0.3) is 0 Å². The van der Waals surface area contributed by atoms with Crippen LogP contribution in [0.3, 0.4) is 0 Å². The molecule has 27 heavy (non-hydrogen) atoms. The van der Waals surface area contributed by atoms with Gasteiger partial charge in [0.15, 0.2) is 11.6 Å². The molecule has 2 aliphatic heterocycles. The van der Waals surface area contributed by atoms with Crippen molar-refractivity contribution in [2.45, 2.75) is 18.7 Å². The van der Waals surface area contributed by atoms with Crippen molar-refractivity contribution in [1.82, 2.24) is 5.01 Å². The molecule has 0 radical (unpaired) electrons. The Morgan fingerprint density at radius 1 is 1.07 bits per heavy atom. The van der Waals surface area contributed by atoms with E-state index in [1.807, 2.05) is 30.3 Å². The summed E-state index contributed by atoms with van der Waals surface area (Å²) in [5, 5.41) is 6.48. The van der Waals surface area contributed by atoms with E-state index in [4.69, 9.17) is 14.3 Å². The first-order valence-corrected chi connectivity index (χ1v) is 9.20. The molecular formula is C20H13BrF2N2O2. The monoisotopic (exact) mass is 430 g/mol. The number of hydrazone groups is 1. The smallest absolute Gasteiger partial charge is 0.213 e. The minimum absolute atomic E-state index is 0.0931. The molecule has 0 fully saturated rings. The highest BCUT2D eigenvalue weighted by molar-refractivity contribution is 9.10. The summed E-state index contributed by atoms with van der Waals surface area (Å²) in [6.07, 6.45) is 1.56. The van der Waals surface area contributed by atoms with Crippen LogP contribution in [0.5, 0.6) is 5.75 Å². The van der Waals surface area contributed by atoms with E-state index in [1.54, 1.807) is 11.3 Å². The first-order chi connectivity index (χ1) is 13.1. The number of fused-ring (bicyclic) bond motifs is 3. The van der Waals surface area contributed by atoms with Crippen molar-refractivity contribution in [3.63, 3.8) is 0 Å². The average molecular weight is 431 g/mol. The van der Waals surface area contributed by atoms with Gasteiger partial charge >= 0.3 is 0 Å². The summed E-state index contributed by atoms with van der Waals surface area (Å²) >= 11 is 3.50. The lowest BCUT2D eigenvalue weighted by Crippen LogP contribution is -2.33. The summed E-state index contributed by atoms with van der Waals surface area (Å²) in [7, 11) is 0. The molecule has 2 aliphatic rings. The molecular weight excluding hydrogens is 418 g/mol. The van der Waals surface area contributed by atoms with Crippen molar-refractivity contribution in [3.8, 4) is 5.75 Å². The quantitative estimate of drug-likeness (QED) is 0.533. The molecule has 7 heteroatoms. The molecule has 1 aromatic heterocycles. The third-order valence-corrected chi connectivity index (χ3v) is 5.28. The maximum atomic E-state index is 13.8. The standard InChI is InChI=1S/C20H13BrF2N2O2/c21-12-4-6-18-13(9-12)17-10-16(19-2-1-7-26-19)24-25(17)20(27-18)11-3-5-14(22)15(23)8-11/h1-9,17,20H,10H2/t17-,20+/m0/s1. The van der Waals surface area contributed by atoms with Gasteiger partial charge in [0.25, 0.3) is 0 Å². The largest absolute Gasteiger partial charge is 0.464 e. The van der Waals surface area contributed by atoms with E-state index in [0.717, 1.165) is 27.9 Å². The summed E-state index contributed by atoms with van der Waals surface area (Å²) in [5.74, 6) is -0.421. The lowest BCUT2D eigenvalue weighted by Gasteiger charge is -2.38. The van der Waals surface area contributed by atoms with Crippen LogP contribution in [0.1, 0.15) is 35.6 Å². The number of hydrogen-bond acceptors (Lipinski definition) is 4. The number of rotatable bonds is 2. The Morgan fingerprint density at radius 2 is 1.96 bits per heavy atom. The molecule has 3 aromatic rings. The number of hydrogen-bond donors (Lipinski definition) is 0. The van der Waals surface area contributed by atoms with Crippen LogP contribution < -0.4 is 4.74 Å². The van der Waals surface area contributed by atoms with Crippen molar-refractivity contribution in [2.75, 3.05) is 0 Å². The van der Waals surface area contributed by atoms with E-state index >= 15 is 0 Å². The highest BCUT2D eigenvalue weighted by atomic mass is 79.9. The zero-order chi connectivity index (χ0) is 18.5. The Morgan fingerprint density at radius 3 is 2.74 bits per heavy atom. The lowest BCUT2D eigenvalue weighted by molar-refractivity contribution is -0.0193. The fourth-order valence-electron chi connectivity index (χ4n) is 3.54. The molecule has 0 saturated carbocycles. The molecule has 2 atom stereocenters. The molecule has 0 amide bonds. The second-order valence-corrected chi connectivity index (χ2v) is 7.37. The van der Waals surface area contributed by atoms with Crippen LogP contribution in [-0.2, 0) is 0 Å². The van der Waals surface area contributed by atoms with E-state index in [-0.39, 0.29) is 6.04 Å². The SMILES string of the molecule is Fc1ccc([C@H]2Oc3ccc(Br)cc3[C@@H]3CC(c4ccco4)=NN23)cc1F. The van der Waals surface area contributed by atoms with Gasteiger partial charge in [-0.25, -0.2) is 13.8 Å². The van der Waals surface area contributed by atoms with Gasteiger partial charge in [-0.3, -0.25) is 0 Å². The van der Waals surface area contributed by atoms with E-state index < -0.39 is 17.9 Å².